The van der Waals surface area contributed by atoms with Crippen molar-refractivity contribution in [1.29, 1.82) is 0 Å². The summed E-state index contributed by atoms with van der Waals surface area (Å²) in [5, 5.41) is 7.85. The van der Waals surface area contributed by atoms with Crippen LogP contribution in [0.15, 0.2) is 0 Å². The van der Waals surface area contributed by atoms with Gasteiger partial charge in [-0.1, -0.05) is 38.6 Å². The molecule has 0 aliphatic heterocycles. The lowest BCUT2D eigenvalue weighted by molar-refractivity contribution is 0.415. The predicted octanol–water partition coefficient (Wildman–Crippen LogP) is 3.19. The van der Waals surface area contributed by atoms with E-state index < -0.39 is 0 Å². The van der Waals surface area contributed by atoms with Crippen LogP contribution in [0, 0.1) is 5.92 Å². The lowest BCUT2D eigenvalue weighted by Crippen LogP contribution is -2.26. The highest BCUT2D eigenvalue weighted by Gasteiger charge is 2.21. The monoisotopic (exact) mass is 241 g/mol. The molecule has 0 fully saturated rings. The molecule has 1 aromatic heterocycles. The van der Waals surface area contributed by atoms with Crippen LogP contribution in [0.3, 0.4) is 0 Å². The summed E-state index contributed by atoms with van der Waals surface area (Å²) in [5.74, 6) is 0.587. The summed E-state index contributed by atoms with van der Waals surface area (Å²) < 4.78 is 4.10. The van der Waals surface area contributed by atoms with Gasteiger partial charge in [-0.2, -0.15) is 0 Å². The third-order valence-electron chi connectivity index (χ3n) is 2.64. The average molecular weight is 241 g/mol. The van der Waals surface area contributed by atoms with E-state index >= 15 is 0 Å². The Hall–Kier alpha value is -0.480. The summed E-state index contributed by atoms with van der Waals surface area (Å²) in [6, 6.07) is 0.418. The second-order valence-corrected chi connectivity index (χ2v) is 5.30. The van der Waals surface area contributed by atoms with Crippen molar-refractivity contribution in [3.8, 4) is 0 Å². The number of hydrogen-bond donors (Lipinski definition) is 1. The van der Waals surface area contributed by atoms with Crippen LogP contribution in [0.2, 0.25) is 0 Å². The molecule has 1 unspecified atom stereocenters. The van der Waals surface area contributed by atoms with Crippen molar-refractivity contribution in [2.24, 2.45) is 5.92 Å². The van der Waals surface area contributed by atoms with Gasteiger partial charge in [0.2, 0.25) is 0 Å². The SMILES string of the molecule is CCCNC(c1snnc1CCC)C(C)C. The average Bonchev–Trinajstić information content (AvgIpc) is 2.67. The van der Waals surface area contributed by atoms with Gasteiger partial charge in [-0.15, -0.1) is 5.10 Å². The van der Waals surface area contributed by atoms with Gasteiger partial charge in [0, 0.05) is 6.04 Å². The van der Waals surface area contributed by atoms with Gasteiger partial charge >= 0.3 is 0 Å². The van der Waals surface area contributed by atoms with Crippen LogP contribution in [0.1, 0.15) is 57.1 Å². The summed E-state index contributed by atoms with van der Waals surface area (Å²) in [4.78, 5) is 1.34. The number of aryl methyl sites for hydroxylation is 1. The summed E-state index contributed by atoms with van der Waals surface area (Å²) in [6.07, 6.45) is 3.35. The molecule has 1 heterocycles. The minimum Gasteiger partial charge on any atom is -0.309 e. The molecular formula is C12H23N3S. The molecule has 92 valence electrons. The first kappa shape index (κ1) is 13.6. The van der Waals surface area contributed by atoms with E-state index in [2.05, 4.69) is 42.6 Å². The zero-order valence-corrected chi connectivity index (χ0v) is 11.6. The van der Waals surface area contributed by atoms with E-state index in [0.29, 0.717) is 12.0 Å². The van der Waals surface area contributed by atoms with Gasteiger partial charge in [0.1, 0.15) is 0 Å². The van der Waals surface area contributed by atoms with E-state index in [0.717, 1.165) is 19.4 Å². The fraction of sp³-hybridized carbons (Fsp3) is 0.833. The van der Waals surface area contributed by atoms with Crippen molar-refractivity contribution in [1.82, 2.24) is 14.9 Å². The van der Waals surface area contributed by atoms with Crippen LogP contribution in [-0.4, -0.2) is 16.1 Å². The Balaban J connectivity index is 2.78. The van der Waals surface area contributed by atoms with Crippen molar-refractivity contribution in [2.75, 3.05) is 6.54 Å². The zero-order chi connectivity index (χ0) is 12.0. The van der Waals surface area contributed by atoms with Crippen molar-refractivity contribution in [3.05, 3.63) is 10.6 Å². The highest BCUT2D eigenvalue weighted by atomic mass is 32.1. The summed E-state index contributed by atoms with van der Waals surface area (Å²) in [5.41, 5.74) is 1.19. The molecule has 1 atom stereocenters. The molecule has 1 aromatic rings. The Labute approximate surface area is 103 Å². The molecule has 0 aliphatic carbocycles. The van der Waals surface area contributed by atoms with Crippen LogP contribution in [0.25, 0.3) is 0 Å². The van der Waals surface area contributed by atoms with Crippen molar-refractivity contribution in [3.63, 3.8) is 0 Å². The first-order valence-corrected chi connectivity index (χ1v) is 7.02. The fourth-order valence-corrected chi connectivity index (χ4v) is 2.74. The van der Waals surface area contributed by atoms with Gasteiger partial charge in [0.05, 0.1) is 10.6 Å². The molecule has 0 aromatic carbocycles. The van der Waals surface area contributed by atoms with Gasteiger partial charge < -0.3 is 5.32 Å². The third kappa shape index (κ3) is 3.52. The summed E-state index contributed by atoms with van der Waals surface area (Å²) >= 11 is 1.55. The van der Waals surface area contributed by atoms with Crippen molar-refractivity contribution >= 4 is 11.5 Å². The number of nitrogens with zero attached hydrogens (tertiary/aromatic N) is 2. The van der Waals surface area contributed by atoms with Crippen LogP contribution >= 0.6 is 11.5 Å². The Morgan fingerprint density at radius 3 is 2.56 bits per heavy atom. The Morgan fingerprint density at radius 2 is 2.00 bits per heavy atom. The van der Waals surface area contributed by atoms with Crippen LogP contribution in [-0.2, 0) is 6.42 Å². The smallest absolute Gasteiger partial charge is 0.0803 e. The molecule has 0 saturated carbocycles. The molecular weight excluding hydrogens is 218 g/mol. The standard InChI is InChI=1S/C12H23N3S/c1-5-7-10-12(16-15-14-10)11(9(3)4)13-8-6-2/h9,11,13H,5-8H2,1-4H3. The maximum atomic E-state index is 4.25. The Morgan fingerprint density at radius 1 is 1.25 bits per heavy atom. The minimum absolute atomic E-state index is 0.418. The van der Waals surface area contributed by atoms with Gasteiger partial charge in [-0.05, 0) is 36.8 Å². The molecule has 0 radical (unpaired) electrons. The quantitative estimate of drug-likeness (QED) is 0.796. The summed E-state index contributed by atoms with van der Waals surface area (Å²) in [7, 11) is 0. The first-order chi connectivity index (χ1) is 7.70. The van der Waals surface area contributed by atoms with Gasteiger partial charge in [0.25, 0.3) is 0 Å². The second kappa shape index (κ2) is 6.97. The van der Waals surface area contributed by atoms with Gasteiger partial charge in [-0.25, -0.2) is 0 Å². The molecule has 1 N–H and O–H groups in total. The molecule has 0 saturated heterocycles. The molecule has 4 heteroatoms. The number of aromatic nitrogens is 2. The van der Waals surface area contributed by atoms with E-state index in [-0.39, 0.29) is 0 Å². The molecule has 0 amide bonds. The van der Waals surface area contributed by atoms with Crippen LogP contribution < -0.4 is 5.32 Å². The van der Waals surface area contributed by atoms with E-state index in [4.69, 9.17) is 0 Å². The zero-order valence-electron chi connectivity index (χ0n) is 10.8. The van der Waals surface area contributed by atoms with Crippen LogP contribution in [0.4, 0.5) is 0 Å². The van der Waals surface area contributed by atoms with Gasteiger partial charge in [-0.3, -0.25) is 0 Å². The molecule has 0 spiro atoms. The largest absolute Gasteiger partial charge is 0.309 e. The maximum Gasteiger partial charge on any atom is 0.0803 e. The molecule has 16 heavy (non-hydrogen) atoms. The third-order valence-corrected chi connectivity index (χ3v) is 3.48. The first-order valence-electron chi connectivity index (χ1n) is 6.25. The van der Waals surface area contributed by atoms with E-state index in [1.807, 2.05) is 0 Å². The highest BCUT2D eigenvalue weighted by molar-refractivity contribution is 7.05. The highest BCUT2D eigenvalue weighted by Crippen LogP contribution is 2.27. The topological polar surface area (TPSA) is 37.8 Å². The van der Waals surface area contributed by atoms with Gasteiger partial charge in [0.15, 0.2) is 0 Å². The minimum atomic E-state index is 0.418. The molecule has 0 aliphatic rings. The Bertz CT molecular complexity index is 296. The molecule has 1 rings (SSSR count). The van der Waals surface area contributed by atoms with Crippen molar-refractivity contribution < 1.29 is 0 Å². The Kier molecular flexibility index (Phi) is 5.91. The predicted molar refractivity (Wildman–Crippen MR) is 69.8 cm³/mol. The normalized spacial score (nSPS) is 13.3. The molecule has 3 nitrogen and oxygen atoms in total. The number of rotatable bonds is 7. The maximum absolute atomic E-state index is 4.25. The lowest BCUT2D eigenvalue weighted by atomic mass is 10.00. The summed E-state index contributed by atoms with van der Waals surface area (Å²) in [6.45, 7) is 9.95. The van der Waals surface area contributed by atoms with E-state index in [1.54, 1.807) is 11.5 Å². The lowest BCUT2D eigenvalue weighted by Gasteiger charge is -2.21. The molecule has 0 bridgehead atoms. The van der Waals surface area contributed by atoms with Crippen LogP contribution in [0.5, 0.6) is 0 Å². The number of hydrogen-bond acceptors (Lipinski definition) is 4. The fourth-order valence-electron chi connectivity index (χ4n) is 1.79. The van der Waals surface area contributed by atoms with E-state index in [9.17, 15) is 0 Å². The number of nitrogens with one attached hydrogen (secondary N) is 1. The van der Waals surface area contributed by atoms with E-state index in [1.165, 1.54) is 17.0 Å². The van der Waals surface area contributed by atoms with Crippen molar-refractivity contribution in [2.45, 2.75) is 53.0 Å². The second-order valence-electron chi connectivity index (χ2n) is 4.51.